The van der Waals surface area contributed by atoms with E-state index in [-0.39, 0.29) is 10.8 Å². The molecule has 1 saturated heterocycles. The molecule has 0 bridgehead atoms. The summed E-state index contributed by atoms with van der Waals surface area (Å²) in [5, 5.41) is 1.88. The molecule has 32 heavy (non-hydrogen) atoms. The van der Waals surface area contributed by atoms with Crippen molar-refractivity contribution in [1.29, 1.82) is 0 Å². The average Bonchev–Trinajstić information content (AvgIpc) is 2.71. The maximum atomic E-state index is 12.9. The number of sulfonamides is 1. The molecule has 9 heteroatoms. The zero-order valence-electron chi connectivity index (χ0n) is 18.3. The van der Waals surface area contributed by atoms with Crippen LogP contribution in [0.5, 0.6) is 0 Å². The van der Waals surface area contributed by atoms with E-state index < -0.39 is 21.2 Å². The number of anilines is 2. The molecule has 1 atom stereocenters. The van der Waals surface area contributed by atoms with Crippen molar-refractivity contribution >= 4 is 45.0 Å². The number of aryl methyl sites for hydroxylation is 2. The van der Waals surface area contributed by atoms with Crippen LogP contribution < -0.4 is 10.0 Å². The lowest BCUT2D eigenvalue weighted by Crippen LogP contribution is -2.47. The van der Waals surface area contributed by atoms with Gasteiger partial charge in [-0.05, 0) is 74.1 Å². The number of likely N-dealkylation sites (tertiary alicyclic amines) is 1. The van der Waals surface area contributed by atoms with E-state index in [0.717, 1.165) is 24.0 Å². The van der Waals surface area contributed by atoms with Crippen LogP contribution in [0.4, 0.5) is 11.4 Å². The fourth-order valence-corrected chi connectivity index (χ4v) is 6.18. The van der Waals surface area contributed by atoms with E-state index in [1.165, 1.54) is 23.9 Å². The van der Waals surface area contributed by atoms with Crippen LogP contribution in [0.1, 0.15) is 30.9 Å². The molecule has 7 nitrogen and oxygen atoms in total. The van der Waals surface area contributed by atoms with E-state index in [1.54, 1.807) is 23.1 Å². The highest BCUT2D eigenvalue weighted by molar-refractivity contribution is 8.01. The van der Waals surface area contributed by atoms with Gasteiger partial charge in [0.15, 0.2) is 5.25 Å². The number of benzene rings is 2. The molecule has 0 aromatic heterocycles. The van der Waals surface area contributed by atoms with Crippen LogP contribution in [0.25, 0.3) is 0 Å². The minimum atomic E-state index is -3.84. The van der Waals surface area contributed by atoms with E-state index >= 15 is 0 Å². The number of nitrogens with zero attached hydrogens (tertiary/aromatic N) is 1. The number of amides is 2. The summed E-state index contributed by atoms with van der Waals surface area (Å²) in [4.78, 5) is 28.1. The first-order valence-corrected chi connectivity index (χ1v) is 13.0. The summed E-state index contributed by atoms with van der Waals surface area (Å²) in [7, 11) is -3.84. The summed E-state index contributed by atoms with van der Waals surface area (Å²) < 4.78 is 28.4. The second-order valence-electron chi connectivity index (χ2n) is 8.63. The van der Waals surface area contributed by atoms with E-state index in [0.29, 0.717) is 35.3 Å². The Bertz CT molecular complexity index is 1150. The van der Waals surface area contributed by atoms with Gasteiger partial charge in [0.1, 0.15) is 0 Å². The van der Waals surface area contributed by atoms with Gasteiger partial charge >= 0.3 is 0 Å². The van der Waals surface area contributed by atoms with Gasteiger partial charge in [0.05, 0.1) is 10.6 Å². The van der Waals surface area contributed by atoms with Crippen molar-refractivity contribution in [1.82, 2.24) is 4.90 Å². The molecule has 0 saturated carbocycles. The average molecular weight is 474 g/mol. The zero-order chi connectivity index (χ0) is 23.0. The minimum absolute atomic E-state index is 0.0473. The Balaban J connectivity index is 1.52. The van der Waals surface area contributed by atoms with Crippen LogP contribution in [-0.4, -0.2) is 43.5 Å². The zero-order valence-corrected chi connectivity index (χ0v) is 20.0. The summed E-state index contributed by atoms with van der Waals surface area (Å²) in [6.45, 7) is 7.30. The van der Waals surface area contributed by atoms with Gasteiger partial charge in [-0.25, -0.2) is 8.42 Å². The Hall–Kier alpha value is -2.52. The predicted molar refractivity (Wildman–Crippen MR) is 126 cm³/mol. The molecule has 0 aliphatic carbocycles. The summed E-state index contributed by atoms with van der Waals surface area (Å²) in [6, 6.07) is 10.1. The summed E-state index contributed by atoms with van der Waals surface area (Å²) in [5.41, 5.74) is 2.80. The molecule has 2 aliphatic heterocycles. The van der Waals surface area contributed by atoms with Crippen LogP contribution in [0.2, 0.25) is 0 Å². The highest BCUT2D eigenvalue weighted by Gasteiger charge is 2.37. The molecule has 2 aromatic carbocycles. The molecule has 2 heterocycles. The second kappa shape index (κ2) is 8.78. The Morgan fingerprint density at radius 1 is 1.09 bits per heavy atom. The lowest BCUT2D eigenvalue weighted by molar-refractivity contribution is -0.135. The van der Waals surface area contributed by atoms with Gasteiger partial charge in [-0.2, -0.15) is 0 Å². The first-order valence-electron chi connectivity index (χ1n) is 10.6. The van der Waals surface area contributed by atoms with Crippen molar-refractivity contribution in [2.75, 3.05) is 23.1 Å². The van der Waals surface area contributed by atoms with Crippen molar-refractivity contribution in [2.45, 2.75) is 48.7 Å². The van der Waals surface area contributed by atoms with Gasteiger partial charge in [-0.15, -0.1) is 11.8 Å². The first-order chi connectivity index (χ1) is 15.1. The SMILES string of the molecule is Cc1cc(C)cc(NS(=O)(=O)c2ccc3c(c2)NC(=O)C(C(=O)N2CCC(C)CC2)S3)c1. The maximum absolute atomic E-state index is 12.9. The quantitative estimate of drug-likeness (QED) is 0.659. The monoisotopic (exact) mass is 473 g/mol. The maximum Gasteiger partial charge on any atom is 0.261 e. The molecule has 2 aromatic rings. The third-order valence-corrected chi connectivity index (χ3v) is 8.44. The molecule has 2 N–H and O–H groups in total. The highest BCUT2D eigenvalue weighted by Crippen LogP contribution is 2.38. The van der Waals surface area contributed by atoms with Gasteiger partial charge in [-0.3, -0.25) is 14.3 Å². The number of rotatable bonds is 4. The molecule has 0 spiro atoms. The number of thioether (sulfide) groups is 1. The van der Waals surface area contributed by atoms with Gasteiger partial charge < -0.3 is 10.2 Å². The number of fused-ring (bicyclic) bond motifs is 1. The fourth-order valence-electron chi connectivity index (χ4n) is 4.06. The van der Waals surface area contributed by atoms with Gasteiger partial charge in [0.25, 0.3) is 10.0 Å². The van der Waals surface area contributed by atoms with Crippen LogP contribution in [0.3, 0.4) is 0 Å². The summed E-state index contributed by atoms with van der Waals surface area (Å²) in [6.07, 6.45) is 1.88. The second-order valence-corrected chi connectivity index (χ2v) is 11.5. The molecular weight excluding hydrogens is 446 g/mol. The Morgan fingerprint density at radius 3 is 2.41 bits per heavy atom. The third kappa shape index (κ3) is 4.78. The van der Waals surface area contributed by atoms with Gasteiger partial charge in [0.2, 0.25) is 11.8 Å². The molecular formula is C23H27N3O4S2. The van der Waals surface area contributed by atoms with Gasteiger partial charge in [-0.1, -0.05) is 13.0 Å². The molecule has 2 aliphatic rings. The van der Waals surface area contributed by atoms with Crippen molar-refractivity contribution < 1.29 is 18.0 Å². The Kier molecular flexibility index (Phi) is 6.22. The van der Waals surface area contributed by atoms with Gasteiger partial charge in [0, 0.05) is 23.7 Å². The summed E-state index contributed by atoms with van der Waals surface area (Å²) in [5.74, 6) is -0.00789. The molecule has 170 valence electrons. The van der Waals surface area contributed by atoms with Crippen molar-refractivity contribution in [3.63, 3.8) is 0 Å². The Morgan fingerprint density at radius 2 is 1.75 bits per heavy atom. The standard InChI is InChI=1S/C23H27N3O4S2/c1-14-6-8-26(9-7-14)23(28)21-22(27)24-19-13-18(4-5-20(19)31-21)32(29,30)25-17-11-15(2)10-16(3)12-17/h4-5,10-14,21,25H,6-9H2,1-3H3,(H,24,27). The van der Waals surface area contributed by atoms with Crippen molar-refractivity contribution in [3.8, 4) is 0 Å². The lowest BCUT2D eigenvalue weighted by atomic mass is 9.99. The van der Waals surface area contributed by atoms with E-state index in [9.17, 15) is 18.0 Å². The van der Waals surface area contributed by atoms with Crippen LogP contribution in [0.15, 0.2) is 46.2 Å². The number of carbonyl (C=O) groups excluding carboxylic acids is 2. The lowest BCUT2D eigenvalue weighted by Gasteiger charge is -2.33. The smallest absolute Gasteiger partial charge is 0.261 e. The number of piperidine rings is 1. The van der Waals surface area contributed by atoms with Crippen molar-refractivity contribution in [3.05, 3.63) is 47.5 Å². The summed E-state index contributed by atoms with van der Waals surface area (Å²) >= 11 is 1.18. The highest BCUT2D eigenvalue weighted by atomic mass is 32.2. The van der Waals surface area contributed by atoms with Crippen LogP contribution in [-0.2, 0) is 19.6 Å². The van der Waals surface area contributed by atoms with Crippen molar-refractivity contribution in [2.24, 2.45) is 5.92 Å². The number of carbonyl (C=O) groups is 2. The third-order valence-electron chi connectivity index (χ3n) is 5.80. The van der Waals surface area contributed by atoms with E-state index in [4.69, 9.17) is 0 Å². The minimum Gasteiger partial charge on any atom is -0.341 e. The Labute approximate surface area is 193 Å². The van der Waals surface area contributed by atoms with E-state index in [2.05, 4.69) is 17.0 Å². The number of nitrogens with one attached hydrogen (secondary N) is 2. The molecule has 2 amide bonds. The molecule has 4 rings (SSSR count). The van der Waals surface area contributed by atoms with Crippen LogP contribution >= 0.6 is 11.8 Å². The largest absolute Gasteiger partial charge is 0.341 e. The first kappa shape index (κ1) is 22.7. The molecule has 1 unspecified atom stereocenters. The molecule has 0 radical (unpaired) electrons. The van der Waals surface area contributed by atoms with Crippen LogP contribution in [0, 0.1) is 19.8 Å². The number of hydrogen-bond donors (Lipinski definition) is 2. The molecule has 1 fully saturated rings. The predicted octanol–water partition coefficient (Wildman–Crippen LogP) is 3.78. The fraction of sp³-hybridized carbons (Fsp3) is 0.391. The normalized spacial score (nSPS) is 19.3. The topological polar surface area (TPSA) is 95.6 Å². The van der Waals surface area contributed by atoms with E-state index in [1.807, 2.05) is 19.9 Å². The number of hydrogen-bond acceptors (Lipinski definition) is 5.